The Morgan fingerprint density at radius 1 is 1.14 bits per heavy atom. The van der Waals surface area contributed by atoms with Crippen LogP contribution in [0.5, 0.6) is 0 Å². The predicted octanol–water partition coefficient (Wildman–Crippen LogP) is 2.92. The van der Waals surface area contributed by atoms with Gasteiger partial charge in [-0.05, 0) is 30.5 Å². The van der Waals surface area contributed by atoms with Crippen molar-refractivity contribution in [3.05, 3.63) is 29.3 Å². The molecule has 28 heavy (non-hydrogen) atoms. The maximum absolute atomic E-state index is 12.7. The Labute approximate surface area is 173 Å². The zero-order valence-electron chi connectivity index (χ0n) is 17.1. The van der Waals surface area contributed by atoms with Crippen LogP contribution in [0.15, 0.2) is 24.3 Å². The molecule has 1 unspecified atom stereocenters. The van der Waals surface area contributed by atoms with Crippen molar-refractivity contribution < 1.29 is 9.53 Å². The van der Waals surface area contributed by atoms with Crippen molar-refractivity contribution in [2.45, 2.75) is 26.3 Å². The Morgan fingerprint density at radius 2 is 1.86 bits per heavy atom. The molecule has 2 aliphatic heterocycles. The fraction of sp³-hybridized carbons (Fsp3) is 0.667. The maximum atomic E-state index is 12.7. The van der Waals surface area contributed by atoms with E-state index in [1.165, 1.54) is 0 Å². The smallest absolute Gasteiger partial charge is 0.317 e. The van der Waals surface area contributed by atoms with Gasteiger partial charge in [0.25, 0.3) is 0 Å². The number of ether oxygens (including phenoxy) is 1. The minimum absolute atomic E-state index is 0.0489. The number of halogens is 1. The van der Waals surface area contributed by atoms with Crippen LogP contribution in [-0.2, 0) is 4.74 Å². The third-order valence-corrected chi connectivity index (χ3v) is 5.77. The molecule has 0 spiro atoms. The zero-order chi connectivity index (χ0) is 19.9. The summed E-state index contributed by atoms with van der Waals surface area (Å²) in [6.45, 7) is 11.8. The van der Waals surface area contributed by atoms with Crippen LogP contribution in [0.2, 0.25) is 5.02 Å². The Bertz CT molecular complexity index is 629. The highest BCUT2D eigenvalue weighted by Gasteiger charge is 2.25. The summed E-state index contributed by atoms with van der Waals surface area (Å²) in [5.74, 6) is 0.603. The third-order valence-electron chi connectivity index (χ3n) is 5.53. The lowest BCUT2D eigenvalue weighted by Gasteiger charge is -2.38. The van der Waals surface area contributed by atoms with E-state index < -0.39 is 0 Å². The third kappa shape index (κ3) is 6.00. The number of anilines is 1. The standard InChI is InChI=1S/C21H33ClN4O2/c1-17(2)14-20(25-10-12-28-13-11-25)16-23-21(27)26-8-6-24(7-9-26)19-5-3-4-18(22)15-19/h3-5,15,17,20H,6-14,16H2,1-2H3,(H,23,27). The van der Waals surface area contributed by atoms with Crippen LogP contribution in [0.4, 0.5) is 10.5 Å². The molecule has 2 heterocycles. The van der Waals surface area contributed by atoms with Crippen molar-refractivity contribution in [2.24, 2.45) is 5.92 Å². The summed E-state index contributed by atoms with van der Waals surface area (Å²) in [4.78, 5) is 19.4. The lowest BCUT2D eigenvalue weighted by Crippen LogP contribution is -2.55. The molecule has 1 aromatic carbocycles. The number of carbonyl (C=O) groups excluding carboxylic acids is 1. The van der Waals surface area contributed by atoms with Gasteiger partial charge >= 0.3 is 6.03 Å². The van der Waals surface area contributed by atoms with Gasteiger partial charge in [-0.25, -0.2) is 4.79 Å². The number of nitrogens with one attached hydrogen (secondary N) is 1. The monoisotopic (exact) mass is 408 g/mol. The van der Waals surface area contributed by atoms with Crippen LogP contribution in [0.3, 0.4) is 0 Å². The highest BCUT2D eigenvalue weighted by molar-refractivity contribution is 6.30. The molecule has 3 rings (SSSR count). The number of amides is 2. The van der Waals surface area contributed by atoms with Crippen molar-refractivity contribution in [1.29, 1.82) is 0 Å². The largest absolute Gasteiger partial charge is 0.379 e. The molecule has 6 nitrogen and oxygen atoms in total. The zero-order valence-corrected chi connectivity index (χ0v) is 17.8. The second-order valence-corrected chi connectivity index (χ2v) is 8.51. The van der Waals surface area contributed by atoms with Gasteiger partial charge in [-0.2, -0.15) is 0 Å². The lowest BCUT2D eigenvalue weighted by atomic mass is 10.0. The van der Waals surface area contributed by atoms with Crippen molar-refractivity contribution in [1.82, 2.24) is 15.1 Å². The second kappa shape index (κ2) is 10.3. The Balaban J connectivity index is 1.47. The van der Waals surface area contributed by atoms with Crippen LogP contribution in [0.25, 0.3) is 0 Å². The van der Waals surface area contributed by atoms with Gasteiger partial charge in [0.1, 0.15) is 0 Å². The molecule has 1 atom stereocenters. The Morgan fingerprint density at radius 3 is 2.50 bits per heavy atom. The van der Waals surface area contributed by atoms with Crippen LogP contribution < -0.4 is 10.2 Å². The van der Waals surface area contributed by atoms with Gasteiger partial charge in [0.05, 0.1) is 13.2 Å². The number of urea groups is 1. The molecule has 2 amide bonds. The highest BCUT2D eigenvalue weighted by atomic mass is 35.5. The quantitative estimate of drug-likeness (QED) is 0.786. The first kappa shape index (κ1) is 21.2. The van der Waals surface area contributed by atoms with Crippen molar-refractivity contribution >= 4 is 23.3 Å². The normalized spacial score (nSPS) is 19.7. The lowest BCUT2D eigenvalue weighted by molar-refractivity contribution is 0.0127. The van der Waals surface area contributed by atoms with Crippen LogP contribution in [0, 0.1) is 5.92 Å². The molecule has 156 valence electrons. The molecule has 0 bridgehead atoms. The van der Waals surface area contributed by atoms with Crippen LogP contribution in [0.1, 0.15) is 20.3 Å². The van der Waals surface area contributed by atoms with Gasteiger partial charge in [0, 0.05) is 62.6 Å². The molecule has 2 saturated heterocycles. The molecule has 0 saturated carbocycles. The van der Waals surface area contributed by atoms with Gasteiger partial charge in [-0.3, -0.25) is 4.90 Å². The number of hydrogen-bond acceptors (Lipinski definition) is 4. The van der Waals surface area contributed by atoms with E-state index in [0.29, 0.717) is 18.5 Å². The van der Waals surface area contributed by atoms with Crippen LogP contribution >= 0.6 is 11.6 Å². The average Bonchev–Trinajstić information content (AvgIpc) is 2.71. The molecule has 0 aromatic heterocycles. The fourth-order valence-corrected chi connectivity index (χ4v) is 4.19. The van der Waals surface area contributed by atoms with Gasteiger partial charge in [0.2, 0.25) is 0 Å². The van der Waals surface area contributed by atoms with E-state index in [0.717, 1.165) is 69.6 Å². The molecule has 2 aliphatic rings. The minimum Gasteiger partial charge on any atom is -0.379 e. The summed E-state index contributed by atoms with van der Waals surface area (Å²) in [6, 6.07) is 8.33. The summed E-state index contributed by atoms with van der Waals surface area (Å²) >= 11 is 6.10. The number of hydrogen-bond donors (Lipinski definition) is 1. The Hall–Kier alpha value is -1.50. The van der Waals surface area contributed by atoms with E-state index >= 15 is 0 Å². The van der Waals surface area contributed by atoms with E-state index in [1.807, 2.05) is 23.1 Å². The molecule has 2 fully saturated rings. The van der Waals surface area contributed by atoms with Gasteiger partial charge in [-0.15, -0.1) is 0 Å². The van der Waals surface area contributed by atoms with Gasteiger partial charge in [-0.1, -0.05) is 31.5 Å². The van der Waals surface area contributed by atoms with Gasteiger partial charge in [0.15, 0.2) is 0 Å². The fourth-order valence-electron chi connectivity index (χ4n) is 4.01. The van der Waals surface area contributed by atoms with E-state index in [2.05, 4.69) is 35.0 Å². The van der Waals surface area contributed by atoms with E-state index in [9.17, 15) is 4.79 Å². The summed E-state index contributed by atoms with van der Waals surface area (Å²) in [7, 11) is 0. The summed E-state index contributed by atoms with van der Waals surface area (Å²) < 4.78 is 5.48. The number of nitrogens with zero attached hydrogens (tertiary/aromatic N) is 3. The average molecular weight is 409 g/mol. The number of piperazine rings is 1. The number of carbonyl (C=O) groups is 1. The topological polar surface area (TPSA) is 48.1 Å². The molecular formula is C21H33ClN4O2. The predicted molar refractivity (Wildman–Crippen MR) is 114 cm³/mol. The van der Waals surface area contributed by atoms with Crippen molar-refractivity contribution in [3.63, 3.8) is 0 Å². The first-order valence-corrected chi connectivity index (χ1v) is 10.8. The molecule has 0 aliphatic carbocycles. The van der Waals surface area contributed by atoms with Crippen LogP contribution in [-0.4, -0.2) is 80.9 Å². The SMILES string of the molecule is CC(C)CC(CNC(=O)N1CCN(c2cccc(Cl)c2)CC1)N1CCOCC1. The molecule has 7 heteroatoms. The first-order chi connectivity index (χ1) is 13.5. The van der Waals surface area contributed by atoms with Gasteiger partial charge < -0.3 is 19.9 Å². The number of rotatable bonds is 6. The summed E-state index contributed by atoms with van der Waals surface area (Å²) in [5.41, 5.74) is 1.12. The molecule has 1 aromatic rings. The van der Waals surface area contributed by atoms with Crippen molar-refractivity contribution in [2.75, 3.05) is 63.9 Å². The molecular weight excluding hydrogens is 376 g/mol. The number of benzene rings is 1. The van der Waals surface area contributed by atoms with E-state index in [1.54, 1.807) is 0 Å². The maximum Gasteiger partial charge on any atom is 0.317 e. The molecule has 0 radical (unpaired) electrons. The summed E-state index contributed by atoms with van der Waals surface area (Å²) in [6.07, 6.45) is 1.09. The van der Waals surface area contributed by atoms with E-state index in [-0.39, 0.29) is 6.03 Å². The Kier molecular flexibility index (Phi) is 7.82. The van der Waals surface area contributed by atoms with E-state index in [4.69, 9.17) is 16.3 Å². The molecule has 1 N–H and O–H groups in total. The summed E-state index contributed by atoms with van der Waals surface area (Å²) in [5, 5.41) is 3.93. The number of morpholine rings is 1. The van der Waals surface area contributed by atoms with Crippen molar-refractivity contribution in [3.8, 4) is 0 Å². The second-order valence-electron chi connectivity index (χ2n) is 8.07. The highest BCUT2D eigenvalue weighted by Crippen LogP contribution is 2.21. The first-order valence-electron chi connectivity index (χ1n) is 10.4. The minimum atomic E-state index is 0.0489.